The Labute approximate surface area is 146 Å². The van der Waals surface area contributed by atoms with Crippen LogP contribution in [0.5, 0.6) is 0 Å². The lowest BCUT2D eigenvalue weighted by Gasteiger charge is -2.29. The molecule has 0 fully saturated rings. The van der Waals surface area contributed by atoms with Crippen LogP contribution in [0.1, 0.15) is 23.2 Å². The molecule has 1 aliphatic heterocycles. The smallest absolute Gasteiger partial charge is 0.223 e. The molecule has 5 nitrogen and oxygen atoms in total. The van der Waals surface area contributed by atoms with Crippen molar-refractivity contribution in [1.82, 2.24) is 19.9 Å². The van der Waals surface area contributed by atoms with Crippen LogP contribution in [0.3, 0.4) is 0 Å². The highest BCUT2D eigenvalue weighted by Gasteiger charge is 2.20. The predicted octanol–water partition coefficient (Wildman–Crippen LogP) is 2.78. The highest BCUT2D eigenvalue weighted by atomic mass is 16.2. The summed E-state index contributed by atoms with van der Waals surface area (Å²) in [5.41, 5.74) is 4.54. The fourth-order valence-corrected chi connectivity index (χ4v) is 3.32. The summed E-state index contributed by atoms with van der Waals surface area (Å²) in [4.78, 5) is 14.6. The first-order chi connectivity index (χ1) is 12.3. The summed E-state index contributed by atoms with van der Waals surface area (Å²) < 4.78 is 1.80. The van der Waals surface area contributed by atoms with Crippen molar-refractivity contribution in [3.63, 3.8) is 0 Å². The molecule has 0 aliphatic carbocycles. The van der Waals surface area contributed by atoms with E-state index in [0.29, 0.717) is 19.4 Å². The number of amides is 1. The lowest BCUT2D eigenvalue weighted by Crippen LogP contribution is -2.36. The van der Waals surface area contributed by atoms with E-state index >= 15 is 0 Å². The number of benzene rings is 2. The van der Waals surface area contributed by atoms with E-state index in [1.165, 1.54) is 11.1 Å². The number of hydrogen-bond donors (Lipinski definition) is 0. The quantitative estimate of drug-likeness (QED) is 0.738. The molecular weight excluding hydrogens is 312 g/mol. The molecule has 0 N–H and O–H groups in total. The van der Waals surface area contributed by atoms with E-state index in [2.05, 4.69) is 28.5 Å². The van der Waals surface area contributed by atoms with Crippen molar-refractivity contribution >= 4 is 5.91 Å². The summed E-state index contributed by atoms with van der Waals surface area (Å²) in [6.07, 6.45) is 3.79. The Kier molecular flexibility index (Phi) is 4.29. The normalized spacial score (nSPS) is 13.5. The standard InChI is InChI=1S/C20H20N4O/c25-20(23-13-12-16-6-4-5-7-17(16)15-23)11-10-19-14-21-22-24(19)18-8-2-1-3-9-18/h1-9,14H,10-13,15H2. The third kappa shape index (κ3) is 3.31. The molecule has 1 aromatic heterocycles. The topological polar surface area (TPSA) is 51.0 Å². The number of carbonyl (C=O) groups is 1. The summed E-state index contributed by atoms with van der Waals surface area (Å²) in [6.45, 7) is 1.51. The summed E-state index contributed by atoms with van der Waals surface area (Å²) >= 11 is 0. The molecule has 1 aliphatic rings. The van der Waals surface area contributed by atoms with Gasteiger partial charge in [0.1, 0.15) is 0 Å². The van der Waals surface area contributed by atoms with Gasteiger partial charge in [0.15, 0.2) is 0 Å². The van der Waals surface area contributed by atoms with Crippen LogP contribution in [-0.2, 0) is 24.2 Å². The van der Waals surface area contributed by atoms with Crippen LogP contribution in [0.2, 0.25) is 0 Å². The molecule has 2 aromatic carbocycles. The van der Waals surface area contributed by atoms with Gasteiger partial charge in [0, 0.05) is 25.9 Å². The average Bonchev–Trinajstić information content (AvgIpc) is 3.15. The van der Waals surface area contributed by atoms with Gasteiger partial charge in [-0.1, -0.05) is 47.7 Å². The van der Waals surface area contributed by atoms with E-state index in [1.54, 1.807) is 10.9 Å². The lowest BCUT2D eigenvalue weighted by atomic mass is 9.99. The second-order valence-electron chi connectivity index (χ2n) is 6.31. The molecule has 0 bridgehead atoms. The fraction of sp³-hybridized carbons (Fsp3) is 0.250. The zero-order valence-electron chi connectivity index (χ0n) is 14.0. The monoisotopic (exact) mass is 332 g/mol. The van der Waals surface area contributed by atoms with Crippen molar-refractivity contribution in [2.24, 2.45) is 0 Å². The van der Waals surface area contributed by atoms with Crippen LogP contribution in [0.15, 0.2) is 60.8 Å². The first-order valence-corrected chi connectivity index (χ1v) is 8.61. The Hall–Kier alpha value is -2.95. The van der Waals surface area contributed by atoms with Crippen molar-refractivity contribution in [2.45, 2.75) is 25.8 Å². The minimum absolute atomic E-state index is 0.190. The van der Waals surface area contributed by atoms with Crippen molar-refractivity contribution in [3.8, 4) is 5.69 Å². The molecule has 0 saturated carbocycles. The van der Waals surface area contributed by atoms with Gasteiger partial charge in [-0.15, -0.1) is 5.10 Å². The zero-order valence-corrected chi connectivity index (χ0v) is 14.0. The molecular formula is C20H20N4O. The summed E-state index contributed by atoms with van der Waals surface area (Å²) in [7, 11) is 0. The fourth-order valence-electron chi connectivity index (χ4n) is 3.32. The third-order valence-corrected chi connectivity index (χ3v) is 4.70. The van der Waals surface area contributed by atoms with Crippen LogP contribution in [-0.4, -0.2) is 32.3 Å². The highest BCUT2D eigenvalue weighted by molar-refractivity contribution is 5.76. The Balaban J connectivity index is 1.41. The van der Waals surface area contributed by atoms with E-state index in [9.17, 15) is 4.79 Å². The van der Waals surface area contributed by atoms with E-state index in [0.717, 1.165) is 24.3 Å². The van der Waals surface area contributed by atoms with Crippen LogP contribution in [0, 0.1) is 0 Å². The number of nitrogens with zero attached hydrogens (tertiary/aromatic N) is 4. The summed E-state index contributed by atoms with van der Waals surface area (Å²) in [5.74, 6) is 0.190. The van der Waals surface area contributed by atoms with Crippen LogP contribution in [0.25, 0.3) is 5.69 Å². The molecule has 25 heavy (non-hydrogen) atoms. The maximum atomic E-state index is 12.6. The van der Waals surface area contributed by atoms with Gasteiger partial charge in [0.2, 0.25) is 5.91 Å². The maximum Gasteiger partial charge on any atom is 0.223 e. The van der Waals surface area contributed by atoms with Crippen molar-refractivity contribution in [3.05, 3.63) is 77.6 Å². The molecule has 4 rings (SSSR count). The van der Waals surface area contributed by atoms with E-state index in [1.807, 2.05) is 41.3 Å². The van der Waals surface area contributed by atoms with E-state index < -0.39 is 0 Å². The van der Waals surface area contributed by atoms with Crippen molar-refractivity contribution in [2.75, 3.05) is 6.54 Å². The van der Waals surface area contributed by atoms with Gasteiger partial charge in [-0.05, 0) is 29.7 Å². The number of aromatic nitrogens is 3. The SMILES string of the molecule is O=C(CCc1cnnn1-c1ccccc1)N1CCc2ccccc2C1. The maximum absolute atomic E-state index is 12.6. The lowest BCUT2D eigenvalue weighted by molar-refractivity contribution is -0.132. The Bertz CT molecular complexity index is 872. The molecule has 1 amide bonds. The number of aryl methyl sites for hydroxylation is 1. The average molecular weight is 332 g/mol. The van der Waals surface area contributed by atoms with Gasteiger partial charge in [-0.3, -0.25) is 4.79 Å². The van der Waals surface area contributed by atoms with Gasteiger partial charge in [-0.25, -0.2) is 4.68 Å². The molecule has 0 atom stereocenters. The number of fused-ring (bicyclic) bond motifs is 1. The number of carbonyl (C=O) groups excluding carboxylic acids is 1. The Morgan fingerprint density at radius 1 is 1.00 bits per heavy atom. The third-order valence-electron chi connectivity index (χ3n) is 4.70. The second-order valence-corrected chi connectivity index (χ2v) is 6.31. The molecule has 0 spiro atoms. The molecule has 5 heteroatoms. The van der Waals surface area contributed by atoms with Crippen molar-refractivity contribution < 1.29 is 4.79 Å². The van der Waals surface area contributed by atoms with Gasteiger partial charge < -0.3 is 4.90 Å². The van der Waals surface area contributed by atoms with Crippen LogP contribution < -0.4 is 0 Å². The second kappa shape index (κ2) is 6.89. The van der Waals surface area contributed by atoms with Gasteiger partial charge in [0.25, 0.3) is 0 Å². The molecule has 2 heterocycles. The number of hydrogen-bond acceptors (Lipinski definition) is 3. The predicted molar refractivity (Wildman–Crippen MR) is 95.2 cm³/mol. The number of rotatable bonds is 4. The van der Waals surface area contributed by atoms with Gasteiger partial charge in [0.05, 0.1) is 17.6 Å². The molecule has 0 radical (unpaired) electrons. The number of para-hydroxylation sites is 1. The largest absolute Gasteiger partial charge is 0.338 e. The summed E-state index contributed by atoms with van der Waals surface area (Å²) in [5, 5.41) is 8.16. The van der Waals surface area contributed by atoms with E-state index in [-0.39, 0.29) is 5.91 Å². The van der Waals surface area contributed by atoms with Crippen molar-refractivity contribution in [1.29, 1.82) is 0 Å². The van der Waals surface area contributed by atoms with Crippen LogP contribution in [0.4, 0.5) is 0 Å². The molecule has 126 valence electrons. The first kappa shape index (κ1) is 15.6. The van der Waals surface area contributed by atoms with E-state index in [4.69, 9.17) is 0 Å². The Morgan fingerprint density at radius 2 is 1.76 bits per heavy atom. The molecule has 3 aromatic rings. The minimum Gasteiger partial charge on any atom is -0.338 e. The highest BCUT2D eigenvalue weighted by Crippen LogP contribution is 2.19. The van der Waals surface area contributed by atoms with Gasteiger partial charge in [-0.2, -0.15) is 0 Å². The van der Waals surface area contributed by atoms with Crippen LogP contribution >= 0.6 is 0 Å². The first-order valence-electron chi connectivity index (χ1n) is 8.61. The zero-order chi connectivity index (χ0) is 17.1. The Morgan fingerprint density at radius 3 is 2.60 bits per heavy atom. The summed E-state index contributed by atoms with van der Waals surface area (Å²) in [6, 6.07) is 18.3. The molecule has 0 saturated heterocycles. The van der Waals surface area contributed by atoms with Gasteiger partial charge >= 0.3 is 0 Å². The minimum atomic E-state index is 0.190. The molecule has 0 unspecified atom stereocenters.